The molecule has 0 fully saturated rings. The number of para-hydroxylation sites is 1. The van der Waals surface area contributed by atoms with E-state index in [9.17, 15) is 5.11 Å². The lowest BCUT2D eigenvalue weighted by Crippen LogP contribution is -2.22. The first-order valence-electron chi connectivity index (χ1n) is 7.02. The van der Waals surface area contributed by atoms with Crippen LogP contribution >= 0.6 is 0 Å². The molecule has 1 atom stereocenters. The lowest BCUT2D eigenvalue weighted by atomic mass is 9.90. The Balaban J connectivity index is 2.07. The van der Waals surface area contributed by atoms with Crippen molar-refractivity contribution < 1.29 is 5.11 Å². The highest BCUT2D eigenvalue weighted by atomic mass is 16.3. The first-order valence-corrected chi connectivity index (χ1v) is 7.02. The molecule has 0 saturated carbocycles. The minimum atomic E-state index is -0.655. The summed E-state index contributed by atoms with van der Waals surface area (Å²) < 4.78 is 0. The van der Waals surface area contributed by atoms with Gasteiger partial charge in [-0.1, -0.05) is 54.6 Å². The Morgan fingerprint density at radius 3 is 2.19 bits per heavy atom. The molecule has 2 heteroatoms. The number of allylic oxidation sites excluding steroid dienone is 2. The summed E-state index contributed by atoms with van der Waals surface area (Å²) in [5, 5.41) is 10.2. The SMILES string of the molecule is CC1=C(c2ccccc2)C=CC(O)C1=Nc1ccccc1. The molecule has 1 aliphatic rings. The maximum absolute atomic E-state index is 10.2. The highest BCUT2D eigenvalue weighted by molar-refractivity contribution is 6.13. The summed E-state index contributed by atoms with van der Waals surface area (Å²) in [4.78, 5) is 4.61. The molecule has 2 nitrogen and oxygen atoms in total. The van der Waals surface area contributed by atoms with Crippen LogP contribution in [0.5, 0.6) is 0 Å². The largest absolute Gasteiger partial charge is 0.383 e. The number of hydrogen-bond acceptors (Lipinski definition) is 2. The molecule has 0 aromatic heterocycles. The van der Waals surface area contributed by atoms with Gasteiger partial charge in [0, 0.05) is 0 Å². The van der Waals surface area contributed by atoms with E-state index in [0.29, 0.717) is 5.71 Å². The molecule has 21 heavy (non-hydrogen) atoms. The number of aliphatic imine (C=N–C) groups is 1. The first-order chi connectivity index (χ1) is 10.3. The predicted molar refractivity (Wildman–Crippen MR) is 87.7 cm³/mol. The maximum atomic E-state index is 10.2. The second kappa shape index (κ2) is 5.90. The van der Waals surface area contributed by atoms with Gasteiger partial charge >= 0.3 is 0 Å². The molecule has 0 aliphatic heterocycles. The Hall–Kier alpha value is -2.45. The Morgan fingerprint density at radius 2 is 1.52 bits per heavy atom. The van der Waals surface area contributed by atoms with Crippen molar-refractivity contribution in [1.82, 2.24) is 0 Å². The van der Waals surface area contributed by atoms with E-state index in [4.69, 9.17) is 0 Å². The summed E-state index contributed by atoms with van der Waals surface area (Å²) in [7, 11) is 0. The number of nitrogens with zero attached hydrogens (tertiary/aromatic N) is 1. The molecule has 0 radical (unpaired) electrons. The normalized spacial score (nSPS) is 20.1. The van der Waals surface area contributed by atoms with Gasteiger partial charge < -0.3 is 5.11 Å². The van der Waals surface area contributed by atoms with Crippen LogP contribution < -0.4 is 0 Å². The van der Waals surface area contributed by atoms with Crippen molar-refractivity contribution >= 4 is 17.0 Å². The van der Waals surface area contributed by atoms with Crippen molar-refractivity contribution in [2.24, 2.45) is 4.99 Å². The first kappa shape index (κ1) is 13.5. The molecule has 1 unspecified atom stereocenters. The fourth-order valence-electron chi connectivity index (χ4n) is 2.49. The van der Waals surface area contributed by atoms with Gasteiger partial charge in [-0.15, -0.1) is 0 Å². The zero-order valence-electron chi connectivity index (χ0n) is 11.9. The average Bonchev–Trinajstić information content (AvgIpc) is 2.53. The van der Waals surface area contributed by atoms with Crippen LogP contribution in [0.2, 0.25) is 0 Å². The molecule has 1 N–H and O–H groups in total. The predicted octanol–water partition coefficient (Wildman–Crippen LogP) is 4.16. The van der Waals surface area contributed by atoms with Crippen LogP contribution in [0, 0.1) is 0 Å². The fraction of sp³-hybridized carbons (Fsp3) is 0.105. The standard InChI is InChI=1S/C19H17NO/c1-14-17(15-8-4-2-5-9-15)12-13-18(21)19(14)20-16-10-6-3-7-11-16/h2-13,18,21H,1H3. The molecule has 0 spiro atoms. The summed E-state index contributed by atoms with van der Waals surface area (Å²) in [6.07, 6.45) is 3.11. The van der Waals surface area contributed by atoms with Gasteiger partial charge in [-0.05, 0) is 41.8 Å². The average molecular weight is 275 g/mol. The molecule has 0 saturated heterocycles. The third-order valence-corrected chi connectivity index (χ3v) is 3.60. The molecule has 2 aromatic rings. The fourth-order valence-corrected chi connectivity index (χ4v) is 2.49. The van der Waals surface area contributed by atoms with Crippen LogP contribution in [-0.4, -0.2) is 16.9 Å². The lowest BCUT2D eigenvalue weighted by molar-refractivity contribution is 0.289. The van der Waals surface area contributed by atoms with Crippen molar-refractivity contribution in [3.8, 4) is 0 Å². The van der Waals surface area contributed by atoms with Gasteiger partial charge in [-0.25, -0.2) is 0 Å². The summed E-state index contributed by atoms with van der Waals surface area (Å²) in [6.45, 7) is 2.01. The lowest BCUT2D eigenvalue weighted by Gasteiger charge is -2.19. The highest BCUT2D eigenvalue weighted by Crippen LogP contribution is 2.27. The quantitative estimate of drug-likeness (QED) is 0.876. The van der Waals surface area contributed by atoms with Crippen LogP contribution in [0.4, 0.5) is 5.69 Å². The number of rotatable bonds is 2. The van der Waals surface area contributed by atoms with Gasteiger partial charge in [0.2, 0.25) is 0 Å². The molecule has 3 rings (SSSR count). The van der Waals surface area contributed by atoms with Gasteiger partial charge in [-0.3, -0.25) is 4.99 Å². The molecule has 2 aromatic carbocycles. The molecule has 104 valence electrons. The number of aliphatic hydroxyl groups excluding tert-OH is 1. The van der Waals surface area contributed by atoms with E-state index in [1.165, 1.54) is 0 Å². The Morgan fingerprint density at radius 1 is 0.905 bits per heavy atom. The highest BCUT2D eigenvalue weighted by Gasteiger charge is 2.19. The summed E-state index contributed by atoms with van der Waals surface area (Å²) in [6, 6.07) is 19.9. The molecule has 0 amide bonds. The van der Waals surface area contributed by atoms with Crippen molar-refractivity contribution in [1.29, 1.82) is 0 Å². The van der Waals surface area contributed by atoms with Crippen LogP contribution in [-0.2, 0) is 0 Å². The van der Waals surface area contributed by atoms with Gasteiger partial charge in [-0.2, -0.15) is 0 Å². The summed E-state index contributed by atoms with van der Waals surface area (Å²) in [5.74, 6) is 0. The molecular weight excluding hydrogens is 258 g/mol. The van der Waals surface area contributed by atoms with Crippen LogP contribution in [0.25, 0.3) is 5.57 Å². The zero-order valence-corrected chi connectivity index (χ0v) is 11.9. The van der Waals surface area contributed by atoms with Crippen molar-refractivity contribution in [2.45, 2.75) is 13.0 Å². The molecular formula is C19H17NO. The number of hydrogen-bond donors (Lipinski definition) is 1. The van der Waals surface area contributed by atoms with Gasteiger partial charge in [0.15, 0.2) is 0 Å². The molecule has 1 aliphatic carbocycles. The minimum Gasteiger partial charge on any atom is -0.383 e. The van der Waals surface area contributed by atoms with Gasteiger partial charge in [0.25, 0.3) is 0 Å². The van der Waals surface area contributed by atoms with E-state index in [1.54, 1.807) is 6.08 Å². The maximum Gasteiger partial charge on any atom is 0.115 e. The van der Waals surface area contributed by atoms with E-state index < -0.39 is 6.10 Å². The third kappa shape index (κ3) is 2.86. The number of benzene rings is 2. The zero-order chi connectivity index (χ0) is 14.7. The second-order valence-electron chi connectivity index (χ2n) is 5.04. The van der Waals surface area contributed by atoms with Crippen LogP contribution in [0.3, 0.4) is 0 Å². The van der Waals surface area contributed by atoms with Crippen LogP contribution in [0.15, 0.2) is 83.4 Å². The monoisotopic (exact) mass is 275 g/mol. The van der Waals surface area contributed by atoms with E-state index >= 15 is 0 Å². The summed E-state index contributed by atoms with van der Waals surface area (Å²) in [5.41, 5.74) is 4.82. The van der Waals surface area contributed by atoms with E-state index in [0.717, 1.165) is 22.4 Å². The third-order valence-electron chi connectivity index (χ3n) is 3.60. The van der Waals surface area contributed by atoms with E-state index in [-0.39, 0.29) is 0 Å². The molecule has 0 heterocycles. The van der Waals surface area contributed by atoms with Crippen LogP contribution in [0.1, 0.15) is 12.5 Å². The molecule has 0 bridgehead atoms. The van der Waals surface area contributed by atoms with Crippen molar-refractivity contribution in [3.05, 3.63) is 84.0 Å². The summed E-state index contributed by atoms with van der Waals surface area (Å²) >= 11 is 0. The van der Waals surface area contributed by atoms with Crippen molar-refractivity contribution in [2.75, 3.05) is 0 Å². The Kier molecular flexibility index (Phi) is 3.80. The van der Waals surface area contributed by atoms with E-state index in [2.05, 4.69) is 17.1 Å². The number of aliphatic hydroxyl groups is 1. The topological polar surface area (TPSA) is 32.6 Å². The minimum absolute atomic E-state index is 0.655. The van der Waals surface area contributed by atoms with Gasteiger partial charge in [0.1, 0.15) is 6.10 Å². The Bertz CT molecular complexity index is 712. The van der Waals surface area contributed by atoms with Crippen molar-refractivity contribution in [3.63, 3.8) is 0 Å². The smallest absolute Gasteiger partial charge is 0.115 e. The second-order valence-corrected chi connectivity index (χ2v) is 5.04. The van der Waals surface area contributed by atoms with Gasteiger partial charge in [0.05, 0.1) is 11.4 Å². The Labute approximate surface area is 124 Å². The van der Waals surface area contributed by atoms with E-state index in [1.807, 2.05) is 61.5 Å².